The molecule has 3 heteroatoms. The molecule has 0 bridgehead atoms. The minimum absolute atomic E-state index is 0.0127. The fourth-order valence-electron chi connectivity index (χ4n) is 1.03. The first-order chi connectivity index (χ1) is 4.34. The van der Waals surface area contributed by atoms with Crippen LogP contribution in [0.25, 0.3) is 0 Å². The van der Waals surface area contributed by atoms with Gasteiger partial charge in [-0.3, -0.25) is 0 Å². The van der Waals surface area contributed by atoms with Crippen molar-refractivity contribution < 1.29 is 9.13 Å². The molecule has 54 valence electrons. The fraction of sp³-hybridized carbons (Fsp3) is 1.00. The molecule has 0 aromatic heterocycles. The van der Waals surface area contributed by atoms with Crippen molar-refractivity contribution in [2.24, 2.45) is 0 Å². The summed E-state index contributed by atoms with van der Waals surface area (Å²) in [7, 11) is 1.78. The molecule has 0 unspecified atom stereocenters. The molecule has 1 heterocycles. The number of alkyl halides is 1. The second kappa shape index (κ2) is 3.13. The average molecular weight is 133 g/mol. The molecule has 0 aromatic rings. The van der Waals surface area contributed by atoms with Crippen LogP contribution in [0.1, 0.15) is 6.42 Å². The van der Waals surface area contributed by atoms with Gasteiger partial charge in [0.1, 0.15) is 6.17 Å². The molecule has 1 saturated heterocycles. The quantitative estimate of drug-likeness (QED) is 0.556. The Morgan fingerprint density at radius 1 is 1.67 bits per heavy atom. The van der Waals surface area contributed by atoms with Crippen LogP contribution < -0.4 is 5.32 Å². The molecule has 1 rings (SSSR count). The van der Waals surface area contributed by atoms with Crippen LogP contribution >= 0.6 is 0 Å². The standard InChI is InChI=1S/C6H12FNO/c1-8-6-2-3-9-4-5(6)7/h5-6,8H,2-4H2,1H3/t5-,6-/m1/s1. The summed E-state index contributed by atoms with van der Waals surface area (Å²) in [6.45, 7) is 0.942. The van der Waals surface area contributed by atoms with Crippen molar-refractivity contribution >= 4 is 0 Å². The first-order valence-corrected chi connectivity index (χ1v) is 3.23. The van der Waals surface area contributed by atoms with Gasteiger partial charge in [0.05, 0.1) is 6.61 Å². The van der Waals surface area contributed by atoms with Crippen LogP contribution in [0, 0.1) is 0 Å². The Labute approximate surface area is 54.4 Å². The van der Waals surface area contributed by atoms with Gasteiger partial charge in [-0.15, -0.1) is 0 Å². The molecular weight excluding hydrogens is 121 g/mol. The van der Waals surface area contributed by atoms with Gasteiger partial charge >= 0.3 is 0 Å². The van der Waals surface area contributed by atoms with Gasteiger partial charge in [0.2, 0.25) is 0 Å². The number of ether oxygens (including phenoxy) is 1. The minimum atomic E-state index is -0.816. The monoisotopic (exact) mass is 133 g/mol. The maximum Gasteiger partial charge on any atom is 0.139 e. The fourth-order valence-corrected chi connectivity index (χ4v) is 1.03. The Hall–Kier alpha value is -0.150. The summed E-state index contributed by atoms with van der Waals surface area (Å²) >= 11 is 0. The summed E-state index contributed by atoms with van der Waals surface area (Å²) < 4.78 is 17.6. The smallest absolute Gasteiger partial charge is 0.139 e. The van der Waals surface area contributed by atoms with E-state index in [9.17, 15) is 4.39 Å². The predicted molar refractivity (Wildman–Crippen MR) is 33.2 cm³/mol. The summed E-state index contributed by atoms with van der Waals surface area (Å²) in [5, 5.41) is 2.90. The third-order valence-corrected chi connectivity index (χ3v) is 1.66. The summed E-state index contributed by atoms with van der Waals surface area (Å²) in [6.07, 6.45) is -0.0266. The second-order valence-corrected chi connectivity index (χ2v) is 2.27. The van der Waals surface area contributed by atoms with Crippen molar-refractivity contribution in [1.82, 2.24) is 5.32 Å². The lowest BCUT2D eigenvalue weighted by Crippen LogP contribution is -2.42. The van der Waals surface area contributed by atoms with Gasteiger partial charge in [-0.2, -0.15) is 0 Å². The molecule has 0 aromatic carbocycles. The van der Waals surface area contributed by atoms with E-state index in [1.807, 2.05) is 0 Å². The number of hydrogen-bond donors (Lipinski definition) is 1. The second-order valence-electron chi connectivity index (χ2n) is 2.27. The highest BCUT2D eigenvalue weighted by Crippen LogP contribution is 2.09. The number of nitrogens with one attached hydrogen (secondary N) is 1. The number of halogens is 1. The Kier molecular flexibility index (Phi) is 2.42. The predicted octanol–water partition coefficient (Wildman–Crippen LogP) is 0.333. The van der Waals surface area contributed by atoms with Crippen LogP contribution in [-0.2, 0) is 4.74 Å². The van der Waals surface area contributed by atoms with E-state index in [0.717, 1.165) is 6.42 Å². The highest BCUT2D eigenvalue weighted by atomic mass is 19.1. The van der Waals surface area contributed by atoms with Crippen LogP contribution in [0.15, 0.2) is 0 Å². The molecule has 0 aliphatic carbocycles. The lowest BCUT2D eigenvalue weighted by molar-refractivity contribution is 0.0160. The molecule has 1 aliphatic rings. The zero-order chi connectivity index (χ0) is 6.69. The number of hydrogen-bond acceptors (Lipinski definition) is 2. The molecule has 1 fully saturated rings. The lowest BCUT2D eigenvalue weighted by atomic mass is 10.1. The van der Waals surface area contributed by atoms with Crippen molar-refractivity contribution in [2.75, 3.05) is 20.3 Å². The van der Waals surface area contributed by atoms with Gasteiger partial charge in [0, 0.05) is 12.6 Å². The Balaban J connectivity index is 2.30. The third kappa shape index (κ3) is 1.63. The van der Waals surface area contributed by atoms with E-state index in [0.29, 0.717) is 6.61 Å². The van der Waals surface area contributed by atoms with E-state index in [1.54, 1.807) is 7.05 Å². The van der Waals surface area contributed by atoms with Crippen molar-refractivity contribution in [3.05, 3.63) is 0 Å². The van der Waals surface area contributed by atoms with Gasteiger partial charge in [-0.25, -0.2) is 4.39 Å². The SMILES string of the molecule is CN[C@@H]1CCOC[C@H]1F. The number of rotatable bonds is 1. The van der Waals surface area contributed by atoms with E-state index >= 15 is 0 Å². The highest BCUT2D eigenvalue weighted by Gasteiger charge is 2.22. The summed E-state index contributed by atoms with van der Waals surface area (Å²) in [4.78, 5) is 0. The van der Waals surface area contributed by atoms with Crippen LogP contribution in [0.5, 0.6) is 0 Å². The van der Waals surface area contributed by atoms with Gasteiger partial charge in [0.25, 0.3) is 0 Å². The normalized spacial score (nSPS) is 36.7. The summed E-state index contributed by atoms with van der Waals surface area (Å²) in [5.74, 6) is 0. The Morgan fingerprint density at radius 2 is 2.44 bits per heavy atom. The highest BCUT2D eigenvalue weighted by molar-refractivity contribution is 4.77. The molecule has 9 heavy (non-hydrogen) atoms. The molecule has 0 amide bonds. The van der Waals surface area contributed by atoms with E-state index in [4.69, 9.17) is 4.74 Å². The Morgan fingerprint density at radius 3 is 2.89 bits per heavy atom. The molecule has 2 atom stereocenters. The van der Waals surface area contributed by atoms with Crippen molar-refractivity contribution in [3.8, 4) is 0 Å². The van der Waals surface area contributed by atoms with E-state index in [1.165, 1.54) is 0 Å². The van der Waals surface area contributed by atoms with Gasteiger partial charge < -0.3 is 10.1 Å². The topological polar surface area (TPSA) is 21.3 Å². The minimum Gasteiger partial charge on any atom is -0.378 e. The molecule has 0 radical (unpaired) electrons. The van der Waals surface area contributed by atoms with Crippen molar-refractivity contribution in [1.29, 1.82) is 0 Å². The lowest BCUT2D eigenvalue weighted by Gasteiger charge is -2.25. The zero-order valence-electron chi connectivity index (χ0n) is 5.56. The summed E-state index contributed by atoms with van der Waals surface area (Å²) in [6, 6.07) is 0.0127. The maximum absolute atomic E-state index is 12.7. The van der Waals surface area contributed by atoms with Gasteiger partial charge in [0.15, 0.2) is 0 Å². The first kappa shape index (κ1) is 6.96. The summed E-state index contributed by atoms with van der Waals surface area (Å²) in [5.41, 5.74) is 0. The van der Waals surface area contributed by atoms with E-state index in [-0.39, 0.29) is 12.6 Å². The molecule has 0 spiro atoms. The van der Waals surface area contributed by atoms with Crippen LogP contribution in [0.3, 0.4) is 0 Å². The largest absolute Gasteiger partial charge is 0.378 e. The van der Waals surface area contributed by atoms with Crippen LogP contribution in [0.2, 0.25) is 0 Å². The molecule has 1 N–H and O–H groups in total. The van der Waals surface area contributed by atoms with Gasteiger partial charge in [-0.1, -0.05) is 0 Å². The van der Waals surface area contributed by atoms with Gasteiger partial charge in [-0.05, 0) is 13.5 Å². The molecular formula is C6H12FNO. The third-order valence-electron chi connectivity index (χ3n) is 1.66. The van der Waals surface area contributed by atoms with Crippen molar-refractivity contribution in [2.45, 2.75) is 18.6 Å². The molecule has 0 saturated carbocycles. The Bertz CT molecular complexity index is 89.1. The first-order valence-electron chi connectivity index (χ1n) is 3.23. The van der Waals surface area contributed by atoms with Crippen LogP contribution in [0.4, 0.5) is 4.39 Å². The van der Waals surface area contributed by atoms with Crippen LogP contribution in [-0.4, -0.2) is 32.5 Å². The zero-order valence-corrected chi connectivity index (χ0v) is 5.56. The van der Waals surface area contributed by atoms with Crippen molar-refractivity contribution in [3.63, 3.8) is 0 Å². The average Bonchev–Trinajstić information content (AvgIpc) is 1.89. The van der Waals surface area contributed by atoms with E-state index in [2.05, 4.69) is 5.32 Å². The van der Waals surface area contributed by atoms with E-state index < -0.39 is 6.17 Å². The maximum atomic E-state index is 12.7. The molecule has 1 aliphatic heterocycles. The molecule has 2 nitrogen and oxygen atoms in total.